The van der Waals surface area contributed by atoms with Crippen LogP contribution in [0, 0.1) is 0 Å². The Kier molecular flexibility index (Phi) is 119. The molecule has 10 N–H and O–H groups in total. The molecule has 0 aliphatic rings. The molecule has 440 valence electrons. The van der Waals surface area contributed by atoms with E-state index in [-0.39, 0.29) is 283 Å². The fraction of sp³-hybridized carbons (Fsp3) is 1.00. The van der Waals surface area contributed by atoms with Crippen LogP contribution in [0.4, 0.5) is 0 Å². The predicted octanol–water partition coefficient (Wildman–Crippen LogP) is -11.8. The quantitative estimate of drug-likeness (QED) is 0.0307. The largest absolute Gasteiger partial charge is 2.00 e. The zero-order chi connectivity index (χ0) is 59.1. The Labute approximate surface area is 629 Å². The SMILES string of the molecule is O=S(=O)(O)CC[S-].O=S(=O)(O)CC[S-].O=S(=O)(O)CC[S-].O=S(=O)(O)CC[S-].O=S(=O)(O)CC[S-].O=S(=O)(O)CC[S-].O=S(=O)(O)CC[S-].O=S(=O)(O)CC[S-].O=S(=O)(O)CC[S-].O=S(=O)(O)CC[S-].[Cd+2].[Cd+2].[Cd+2].[Cd+2].[Na+].[Na+]. The third-order valence-electron chi connectivity index (χ3n) is 3.41. The Morgan fingerprint density at radius 3 is 0.211 bits per heavy atom. The van der Waals surface area contributed by atoms with Gasteiger partial charge in [-0.25, -0.2) is 0 Å². The summed E-state index contributed by atoms with van der Waals surface area (Å²) in [5.74, 6) is -2.63. The maximum absolute atomic E-state index is 9.72. The van der Waals surface area contributed by atoms with Crippen LogP contribution >= 0.6 is 0 Å². The molecule has 0 atom stereocenters. The molecule has 56 heteroatoms. The van der Waals surface area contributed by atoms with E-state index in [4.69, 9.17) is 45.5 Å². The van der Waals surface area contributed by atoms with Crippen molar-refractivity contribution in [2.45, 2.75) is 0 Å². The molecule has 0 aromatic rings. The molecule has 0 aromatic heterocycles. The second-order valence-electron chi connectivity index (χ2n) is 9.90. The van der Waals surface area contributed by atoms with E-state index in [1.54, 1.807) is 0 Å². The van der Waals surface area contributed by atoms with Gasteiger partial charge >= 0.3 is 168 Å². The first-order valence-corrected chi connectivity index (χ1v) is 37.8. The van der Waals surface area contributed by atoms with Gasteiger partial charge in [-0.15, -0.1) is 0 Å². The summed E-state index contributed by atoms with van der Waals surface area (Å²) in [6.45, 7) is 0. The molecule has 76 heavy (non-hydrogen) atoms. The van der Waals surface area contributed by atoms with Gasteiger partial charge in [0.25, 0.3) is 101 Å². The van der Waals surface area contributed by atoms with Crippen LogP contribution in [0.5, 0.6) is 0 Å². The van der Waals surface area contributed by atoms with Crippen LogP contribution in [-0.4, -0.2) is 245 Å². The summed E-state index contributed by atoms with van der Waals surface area (Å²) >= 11 is 42.6. The second kappa shape index (κ2) is 72.4. The van der Waals surface area contributed by atoms with E-state index < -0.39 is 101 Å². The summed E-state index contributed by atoms with van der Waals surface area (Å²) in [6.07, 6.45) is 0. The minimum absolute atomic E-state index is 0. The summed E-state index contributed by atoms with van der Waals surface area (Å²) in [5.41, 5.74) is 0. The number of hydrogen-bond donors (Lipinski definition) is 10. The van der Waals surface area contributed by atoms with Gasteiger partial charge in [-0.2, -0.15) is 142 Å². The van der Waals surface area contributed by atoms with E-state index in [0.29, 0.717) is 0 Å². The van der Waals surface area contributed by atoms with Crippen LogP contribution in [0.3, 0.4) is 0 Å². The molecule has 0 aliphatic heterocycles. The molecule has 0 radical (unpaired) electrons. The smallest absolute Gasteiger partial charge is 0.792 e. The molecule has 0 saturated heterocycles. The predicted molar refractivity (Wildman–Crippen MR) is 286 cm³/mol. The van der Waals surface area contributed by atoms with Crippen molar-refractivity contribution in [2.24, 2.45) is 0 Å². The van der Waals surface area contributed by atoms with E-state index in [0.717, 1.165) is 0 Å². The van der Waals surface area contributed by atoms with Crippen molar-refractivity contribution in [1.29, 1.82) is 0 Å². The fourth-order valence-electron chi connectivity index (χ4n) is 1.05. The second-order valence-corrected chi connectivity index (χ2v) is 29.7. The Bertz CT molecular complexity index is 1840. The maximum Gasteiger partial charge on any atom is 2.00 e. The molecule has 0 amide bonds. The van der Waals surface area contributed by atoms with E-state index in [1.807, 2.05) is 0 Å². The summed E-state index contributed by atoms with van der Waals surface area (Å²) in [5, 5.41) is 0. The molecular weight excluding hydrogens is 1860 g/mol. The van der Waals surface area contributed by atoms with Crippen molar-refractivity contribution in [3.8, 4) is 0 Å². The molecule has 0 heterocycles. The van der Waals surface area contributed by atoms with Gasteiger partial charge in [-0.1, -0.05) is 0 Å². The Balaban J connectivity index is -0.0000000373. The van der Waals surface area contributed by atoms with Crippen molar-refractivity contribution in [3.63, 3.8) is 0 Å². The molecule has 0 fully saturated rings. The molecule has 30 nitrogen and oxygen atoms in total. The molecule has 0 spiro atoms. The van der Waals surface area contributed by atoms with Gasteiger partial charge in [0.2, 0.25) is 0 Å². The first-order chi connectivity index (χ1) is 30.6. The first kappa shape index (κ1) is 125. The Morgan fingerprint density at radius 1 is 0.171 bits per heavy atom. The molecular formula is C20H50Cd4Na2O30S20. The van der Waals surface area contributed by atoms with Crippen LogP contribution in [0.15, 0.2) is 0 Å². The summed E-state index contributed by atoms with van der Waals surface area (Å²) in [4.78, 5) is 0. The van der Waals surface area contributed by atoms with Gasteiger partial charge in [-0.05, 0) is 0 Å². The van der Waals surface area contributed by atoms with Gasteiger partial charge < -0.3 is 126 Å². The van der Waals surface area contributed by atoms with Crippen molar-refractivity contribution in [2.75, 3.05) is 115 Å². The molecule has 0 aliphatic carbocycles. The van der Waals surface area contributed by atoms with E-state index >= 15 is 0 Å². The minimum atomic E-state index is -3.78. The Morgan fingerprint density at radius 2 is 0.211 bits per heavy atom. The molecule has 0 rings (SSSR count). The van der Waals surface area contributed by atoms with E-state index in [1.165, 1.54) is 0 Å². The van der Waals surface area contributed by atoms with Gasteiger partial charge in [0.1, 0.15) is 0 Å². The summed E-state index contributed by atoms with van der Waals surface area (Å²) < 4.78 is 274. The van der Waals surface area contributed by atoms with Crippen LogP contribution in [0.25, 0.3) is 0 Å². The normalized spacial score (nSPS) is 10.8. The van der Waals surface area contributed by atoms with Crippen LogP contribution in [-0.2, 0) is 337 Å². The third-order valence-corrected chi connectivity index (χ3v) is 15.2. The van der Waals surface area contributed by atoms with Gasteiger partial charge in [0, 0.05) is 0 Å². The van der Waals surface area contributed by atoms with E-state index in [2.05, 4.69) is 126 Å². The average molecular weight is 1910 g/mol. The van der Waals surface area contributed by atoms with Crippen LogP contribution < -0.4 is 59.1 Å². The fourth-order valence-corrected chi connectivity index (χ4v) is 9.48. The molecule has 0 unspecified atom stereocenters. The van der Waals surface area contributed by atoms with Crippen LogP contribution in [0.1, 0.15) is 0 Å². The summed E-state index contributed by atoms with van der Waals surface area (Å²) in [7, 11) is -37.8. The maximum atomic E-state index is 9.72. The van der Waals surface area contributed by atoms with Crippen molar-refractivity contribution < 1.29 is 298 Å². The van der Waals surface area contributed by atoms with Gasteiger partial charge in [-0.3, -0.25) is 45.5 Å². The molecule has 0 aromatic carbocycles. The monoisotopic (exact) mass is 1910 g/mol. The number of rotatable bonds is 20. The van der Waals surface area contributed by atoms with Gasteiger partial charge in [0.15, 0.2) is 0 Å². The average Bonchev–Trinajstić information content (AvgIpc) is 3.02. The first-order valence-electron chi connectivity index (χ1n) is 15.9. The molecule has 0 saturated carbocycles. The third kappa shape index (κ3) is 233. The molecule has 0 bridgehead atoms. The van der Waals surface area contributed by atoms with Crippen molar-refractivity contribution in [3.05, 3.63) is 0 Å². The van der Waals surface area contributed by atoms with E-state index in [9.17, 15) is 84.2 Å². The summed E-state index contributed by atoms with van der Waals surface area (Å²) in [6, 6.07) is 0. The van der Waals surface area contributed by atoms with Gasteiger partial charge in [0.05, 0.1) is 57.5 Å². The zero-order valence-electron chi connectivity index (χ0n) is 39.8. The zero-order valence-corrected chi connectivity index (χ0v) is 76.2. The van der Waals surface area contributed by atoms with Crippen molar-refractivity contribution in [1.82, 2.24) is 0 Å². The standard InChI is InChI=1S/10C2H6O3S2.4Cd.2Na/c10*3-7(4,5)2-1-6;;;;;;/h10*6H,1-2H2,(H,3,4,5);;;;;;/q;;;;;;;;;;4*+2;2*+1/p-10. The number of hydrogen-bond acceptors (Lipinski definition) is 30. The Hall–Kier alpha value is 8.29. The van der Waals surface area contributed by atoms with Crippen LogP contribution in [0.2, 0.25) is 0 Å². The van der Waals surface area contributed by atoms with Crippen molar-refractivity contribution >= 4 is 227 Å². The minimum Gasteiger partial charge on any atom is -0.792 e. The topological polar surface area (TPSA) is 544 Å².